The minimum absolute atomic E-state index is 0.0515. The van der Waals surface area contributed by atoms with E-state index in [1.165, 1.54) is 0 Å². The molecule has 0 amide bonds. The van der Waals surface area contributed by atoms with E-state index in [4.69, 9.17) is 22.4 Å². The molecule has 13 heavy (non-hydrogen) atoms. The van der Waals surface area contributed by atoms with Gasteiger partial charge in [0.25, 0.3) is 6.43 Å². The maximum Gasteiger partial charge on any atom is 0.267 e. The molecule has 0 aliphatic carbocycles. The fourth-order valence-corrected chi connectivity index (χ4v) is 1.05. The smallest absolute Gasteiger partial charge is 0.267 e. The average molecular weight is 209 g/mol. The maximum absolute atomic E-state index is 12.2. The second-order valence-electron chi connectivity index (χ2n) is 2.37. The summed E-state index contributed by atoms with van der Waals surface area (Å²) in [6, 6.07) is 1.05. The quantitative estimate of drug-likeness (QED) is 0.728. The number of nitrogens with two attached hydrogens (primary N) is 1. The van der Waals surface area contributed by atoms with Gasteiger partial charge in [-0.05, 0) is 6.07 Å². The lowest BCUT2D eigenvalue weighted by Gasteiger charge is -2.06. The van der Waals surface area contributed by atoms with E-state index in [0.717, 1.165) is 6.07 Å². The van der Waals surface area contributed by atoms with Crippen molar-refractivity contribution < 1.29 is 13.9 Å². The van der Waals surface area contributed by atoms with Crippen molar-refractivity contribution in [1.29, 1.82) is 0 Å². The van der Waals surface area contributed by atoms with Crippen molar-refractivity contribution in [3.05, 3.63) is 22.3 Å². The Labute approximate surface area is 78.1 Å². The van der Waals surface area contributed by atoms with Crippen LogP contribution in [0.2, 0.25) is 5.15 Å². The molecule has 0 bridgehead atoms. The minimum Gasteiger partial charge on any atom is -0.392 e. The number of hydrogen-bond donors (Lipinski definition) is 2. The summed E-state index contributed by atoms with van der Waals surface area (Å²) in [6.07, 6.45) is -2.71. The third kappa shape index (κ3) is 2.05. The Balaban J connectivity index is 3.22. The number of pyridine rings is 1. The van der Waals surface area contributed by atoms with Gasteiger partial charge in [-0.2, -0.15) is 0 Å². The molecular formula is C7H7ClF2N2O. The van der Waals surface area contributed by atoms with Crippen LogP contribution in [0.25, 0.3) is 0 Å². The van der Waals surface area contributed by atoms with Crippen molar-refractivity contribution in [2.75, 3.05) is 5.73 Å². The van der Waals surface area contributed by atoms with Gasteiger partial charge in [0.05, 0.1) is 12.2 Å². The lowest BCUT2D eigenvalue weighted by atomic mass is 10.2. The monoisotopic (exact) mass is 208 g/mol. The number of aliphatic hydroxyl groups is 1. The molecule has 0 unspecified atom stereocenters. The number of aliphatic hydroxyl groups excluding tert-OH is 1. The van der Waals surface area contributed by atoms with Crippen LogP contribution >= 0.6 is 11.6 Å². The Hall–Kier alpha value is -0.940. The van der Waals surface area contributed by atoms with Crippen LogP contribution in [0.4, 0.5) is 14.6 Å². The molecule has 1 aromatic heterocycles. The van der Waals surface area contributed by atoms with Crippen LogP contribution < -0.4 is 5.73 Å². The highest BCUT2D eigenvalue weighted by molar-refractivity contribution is 6.30. The third-order valence-corrected chi connectivity index (χ3v) is 1.84. The molecule has 0 fully saturated rings. The zero-order valence-corrected chi connectivity index (χ0v) is 7.22. The van der Waals surface area contributed by atoms with Gasteiger partial charge in [-0.25, -0.2) is 13.8 Å². The fourth-order valence-electron chi connectivity index (χ4n) is 0.849. The SMILES string of the molecule is Nc1nc(Cl)c(CO)cc1C(F)F. The summed E-state index contributed by atoms with van der Waals surface area (Å²) in [4.78, 5) is 3.47. The van der Waals surface area contributed by atoms with Gasteiger partial charge >= 0.3 is 0 Å². The maximum atomic E-state index is 12.2. The minimum atomic E-state index is -2.71. The molecule has 3 N–H and O–H groups in total. The molecule has 0 spiro atoms. The van der Waals surface area contributed by atoms with Crippen molar-refractivity contribution in [2.45, 2.75) is 13.0 Å². The second-order valence-corrected chi connectivity index (χ2v) is 2.73. The molecule has 0 aromatic carbocycles. The molecule has 3 nitrogen and oxygen atoms in total. The molecule has 0 atom stereocenters. The van der Waals surface area contributed by atoms with E-state index in [0.29, 0.717) is 0 Å². The van der Waals surface area contributed by atoms with Gasteiger partial charge in [-0.1, -0.05) is 11.6 Å². The Morgan fingerprint density at radius 3 is 2.69 bits per heavy atom. The predicted molar refractivity (Wildman–Crippen MR) is 44.5 cm³/mol. The first-order valence-corrected chi connectivity index (χ1v) is 3.78. The number of rotatable bonds is 2. The van der Waals surface area contributed by atoms with Crippen molar-refractivity contribution in [2.24, 2.45) is 0 Å². The number of anilines is 1. The Bertz CT molecular complexity index is 320. The van der Waals surface area contributed by atoms with Gasteiger partial charge < -0.3 is 10.8 Å². The number of halogens is 3. The number of nitrogens with zero attached hydrogens (tertiary/aromatic N) is 1. The van der Waals surface area contributed by atoms with Gasteiger partial charge in [0.2, 0.25) is 0 Å². The molecule has 6 heteroatoms. The number of hydrogen-bond acceptors (Lipinski definition) is 3. The van der Waals surface area contributed by atoms with Crippen LogP contribution in [0, 0.1) is 0 Å². The number of alkyl halides is 2. The highest BCUT2D eigenvalue weighted by Crippen LogP contribution is 2.27. The Morgan fingerprint density at radius 1 is 1.62 bits per heavy atom. The summed E-state index contributed by atoms with van der Waals surface area (Å²) in [6.45, 7) is -0.439. The molecule has 1 rings (SSSR count). The standard InChI is InChI=1S/C7H7ClF2N2O/c8-5-3(2-13)1-4(6(9)10)7(11)12-5/h1,6,13H,2H2,(H2,11,12). The van der Waals surface area contributed by atoms with E-state index in [2.05, 4.69) is 4.98 Å². The summed E-state index contributed by atoms with van der Waals surface area (Å²) in [5.74, 6) is -0.308. The molecule has 1 aromatic rings. The number of aromatic nitrogens is 1. The third-order valence-electron chi connectivity index (χ3n) is 1.51. The molecule has 0 saturated carbocycles. The molecule has 72 valence electrons. The van der Waals surface area contributed by atoms with Crippen LogP contribution in [-0.4, -0.2) is 10.1 Å². The lowest BCUT2D eigenvalue weighted by Crippen LogP contribution is -2.01. The van der Waals surface area contributed by atoms with E-state index in [1.54, 1.807) is 0 Å². The van der Waals surface area contributed by atoms with Gasteiger partial charge in [0.1, 0.15) is 11.0 Å². The zero-order valence-electron chi connectivity index (χ0n) is 6.47. The van der Waals surface area contributed by atoms with Crippen molar-refractivity contribution >= 4 is 17.4 Å². The summed E-state index contributed by atoms with van der Waals surface area (Å²) < 4.78 is 24.5. The molecule has 0 aliphatic rings. The lowest BCUT2D eigenvalue weighted by molar-refractivity contribution is 0.151. The molecular weight excluding hydrogens is 202 g/mol. The normalized spacial score (nSPS) is 10.8. The topological polar surface area (TPSA) is 59.1 Å². The Morgan fingerprint density at radius 2 is 2.23 bits per heavy atom. The van der Waals surface area contributed by atoms with Gasteiger partial charge in [0, 0.05) is 5.56 Å². The fraction of sp³-hybridized carbons (Fsp3) is 0.286. The predicted octanol–water partition coefficient (Wildman–Crippen LogP) is 1.75. The summed E-state index contributed by atoms with van der Waals surface area (Å²) in [5.41, 5.74) is 4.92. The first-order chi connectivity index (χ1) is 6.06. The molecule has 1 heterocycles. The Kier molecular flexibility index (Phi) is 3.00. The number of nitrogen functional groups attached to an aromatic ring is 1. The highest BCUT2D eigenvalue weighted by Gasteiger charge is 2.15. The first kappa shape index (κ1) is 10.1. The van der Waals surface area contributed by atoms with Crippen molar-refractivity contribution in [3.8, 4) is 0 Å². The first-order valence-electron chi connectivity index (χ1n) is 3.40. The van der Waals surface area contributed by atoms with E-state index < -0.39 is 18.6 Å². The summed E-state index contributed by atoms with van der Waals surface area (Å²) in [7, 11) is 0. The largest absolute Gasteiger partial charge is 0.392 e. The van der Waals surface area contributed by atoms with E-state index >= 15 is 0 Å². The van der Waals surface area contributed by atoms with Crippen molar-refractivity contribution in [1.82, 2.24) is 4.98 Å². The van der Waals surface area contributed by atoms with Gasteiger partial charge in [0.15, 0.2) is 0 Å². The molecule has 0 aliphatic heterocycles. The van der Waals surface area contributed by atoms with Crippen LogP contribution in [0.5, 0.6) is 0 Å². The molecule has 0 radical (unpaired) electrons. The van der Waals surface area contributed by atoms with Crippen molar-refractivity contribution in [3.63, 3.8) is 0 Å². The van der Waals surface area contributed by atoms with Crippen LogP contribution in [0.1, 0.15) is 17.6 Å². The summed E-state index contributed by atoms with van der Waals surface area (Å²) in [5, 5.41) is 8.65. The van der Waals surface area contributed by atoms with Gasteiger partial charge in [-0.3, -0.25) is 0 Å². The van der Waals surface area contributed by atoms with Gasteiger partial charge in [-0.15, -0.1) is 0 Å². The highest BCUT2D eigenvalue weighted by atomic mass is 35.5. The average Bonchev–Trinajstić information content (AvgIpc) is 2.03. The van der Waals surface area contributed by atoms with Crippen LogP contribution in [-0.2, 0) is 6.61 Å². The zero-order chi connectivity index (χ0) is 10.0. The van der Waals surface area contributed by atoms with E-state index in [-0.39, 0.29) is 16.5 Å². The van der Waals surface area contributed by atoms with E-state index in [9.17, 15) is 8.78 Å². The van der Waals surface area contributed by atoms with Crippen LogP contribution in [0.15, 0.2) is 6.07 Å². The summed E-state index contributed by atoms with van der Waals surface area (Å²) >= 11 is 5.51. The van der Waals surface area contributed by atoms with E-state index in [1.807, 2.05) is 0 Å². The molecule has 0 saturated heterocycles. The van der Waals surface area contributed by atoms with Crippen LogP contribution in [0.3, 0.4) is 0 Å². The second kappa shape index (κ2) is 3.85.